The molecule has 10 rings (SSSR count). The summed E-state index contributed by atoms with van der Waals surface area (Å²) < 4.78 is 2.39. The molecule has 0 bridgehead atoms. The maximum absolute atomic E-state index is 2.41. The second-order valence-corrected chi connectivity index (χ2v) is 15.3. The number of benzene rings is 8. The summed E-state index contributed by atoms with van der Waals surface area (Å²) in [6, 6.07) is 75.8. The largest absolute Gasteiger partial charge is 0.310 e. The van der Waals surface area contributed by atoms with Crippen LogP contribution in [0.1, 0.15) is 43.2 Å². The molecular formula is C54H44N2. The van der Waals surface area contributed by atoms with Gasteiger partial charge in [-0.3, -0.25) is 0 Å². The van der Waals surface area contributed by atoms with Gasteiger partial charge in [0, 0.05) is 38.9 Å². The molecule has 0 amide bonds. The Hall–Kier alpha value is -6.64. The van der Waals surface area contributed by atoms with Gasteiger partial charge in [-0.25, -0.2) is 0 Å². The first kappa shape index (κ1) is 33.9. The molecule has 1 saturated carbocycles. The molecule has 0 aliphatic heterocycles. The Morgan fingerprint density at radius 2 is 0.893 bits per heavy atom. The predicted octanol–water partition coefficient (Wildman–Crippen LogP) is 14.8. The van der Waals surface area contributed by atoms with Crippen LogP contribution < -0.4 is 4.90 Å². The molecule has 56 heavy (non-hydrogen) atoms. The van der Waals surface area contributed by atoms with Crippen molar-refractivity contribution in [3.05, 3.63) is 217 Å². The molecule has 0 unspecified atom stereocenters. The summed E-state index contributed by atoms with van der Waals surface area (Å²) in [6.45, 7) is 0. The van der Waals surface area contributed by atoms with Gasteiger partial charge in [-0.05, 0) is 107 Å². The van der Waals surface area contributed by atoms with Crippen LogP contribution in [0, 0.1) is 0 Å². The van der Waals surface area contributed by atoms with Gasteiger partial charge in [0.1, 0.15) is 0 Å². The summed E-state index contributed by atoms with van der Waals surface area (Å²) in [5.41, 5.74) is 14.7. The van der Waals surface area contributed by atoms with Gasteiger partial charge in [-0.15, -0.1) is 0 Å². The van der Waals surface area contributed by atoms with E-state index in [-0.39, 0.29) is 5.41 Å². The minimum atomic E-state index is 0.0606. The van der Waals surface area contributed by atoms with Crippen LogP contribution in [-0.2, 0) is 5.41 Å². The second-order valence-electron chi connectivity index (χ2n) is 15.3. The lowest BCUT2D eigenvalue weighted by Gasteiger charge is -2.39. The topological polar surface area (TPSA) is 8.17 Å². The number of aromatic nitrogens is 1. The molecule has 2 heteroatoms. The summed E-state index contributed by atoms with van der Waals surface area (Å²) in [4.78, 5) is 2.41. The summed E-state index contributed by atoms with van der Waals surface area (Å²) in [6.07, 6.45) is 6.24. The molecule has 1 aromatic heterocycles. The first-order chi connectivity index (χ1) is 27.7. The van der Waals surface area contributed by atoms with Crippen LogP contribution in [0.5, 0.6) is 0 Å². The third-order valence-corrected chi connectivity index (χ3v) is 12.1. The number of nitrogens with zero attached hydrogens (tertiary/aromatic N) is 2. The van der Waals surface area contributed by atoms with Crippen molar-refractivity contribution in [1.82, 2.24) is 4.57 Å². The van der Waals surface area contributed by atoms with E-state index in [2.05, 4.69) is 216 Å². The van der Waals surface area contributed by atoms with Gasteiger partial charge >= 0.3 is 0 Å². The van der Waals surface area contributed by atoms with Gasteiger partial charge in [0.25, 0.3) is 0 Å². The Bertz CT molecular complexity index is 2740. The minimum absolute atomic E-state index is 0.0606. The molecule has 1 aliphatic carbocycles. The summed E-state index contributed by atoms with van der Waals surface area (Å²) >= 11 is 0. The quantitative estimate of drug-likeness (QED) is 0.152. The van der Waals surface area contributed by atoms with Crippen molar-refractivity contribution >= 4 is 38.9 Å². The number of anilines is 3. The maximum Gasteiger partial charge on any atom is 0.0547 e. The lowest BCUT2D eigenvalue weighted by molar-refractivity contribution is 0.346. The molecule has 0 spiro atoms. The van der Waals surface area contributed by atoms with Crippen LogP contribution in [0.3, 0.4) is 0 Å². The molecule has 2 nitrogen and oxygen atoms in total. The van der Waals surface area contributed by atoms with Gasteiger partial charge < -0.3 is 9.47 Å². The molecule has 9 aromatic rings. The zero-order valence-corrected chi connectivity index (χ0v) is 31.6. The summed E-state index contributed by atoms with van der Waals surface area (Å²) in [5, 5.41) is 2.53. The van der Waals surface area contributed by atoms with Crippen molar-refractivity contribution in [3.63, 3.8) is 0 Å². The lowest BCUT2D eigenvalue weighted by atomic mass is 9.65. The van der Waals surface area contributed by atoms with Crippen LogP contribution in [0.15, 0.2) is 206 Å². The molecule has 1 aliphatic rings. The van der Waals surface area contributed by atoms with E-state index < -0.39 is 0 Å². The minimum Gasteiger partial charge on any atom is -0.310 e. The van der Waals surface area contributed by atoms with Crippen LogP contribution in [0.25, 0.3) is 49.7 Å². The van der Waals surface area contributed by atoms with Crippen molar-refractivity contribution in [2.75, 3.05) is 4.90 Å². The number of hydrogen-bond donors (Lipinski definition) is 0. The normalized spacial score (nSPS) is 13.9. The number of para-hydroxylation sites is 2. The zero-order chi connectivity index (χ0) is 37.3. The molecular weight excluding hydrogens is 677 g/mol. The Kier molecular flexibility index (Phi) is 8.80. The third kappa shape index (κ3) is 6.08. The van der Waals surface area contributed by atoms with Gasteiger partial charge in [-0.1, -0.05) is 165 Å². The zero-order valence-electron chi connectivity index (χ0n) is 31.6. The van der Waals surface area contributed by atoms with E-state index in [0.29, 0.717) is 0 Å². The Labute approximate surface area is 330 Å². The molecule has 0 N–H and O–H groups in total. The standard InChI is InChI=1S/C54H44N2/c1-5-16-40(17-6-1)42-18-15-23-49(38-42)55(48-33-29-45(30-34-48)54(36-13-4-14-37-54)44-19-7-2-8-20-44)47-31-26-41(27-32-47)43-28-35-51-50-24-11-12-25-52(50)56(53(51)39-43)46-21-9-3-10-22-46/h1-3,5-12,15-35,38-39H,4,13-14,36-37H2. The van der Waals surface area contributed by atoms with Gasteiger partial charge in [-0.2, -0.15) is 0 Å². The fourth-order valence-corrected chi connectivity index (χ4v) is 9.30. The average molecular weight is 721 g/mol. The van der Waals surface area contributed by atoms with Gasteiger partial charge in [0.2, 0.25) is 0 Å². The van der Waals surface area contributed by atoms with Crippen molar-refractivity contribution in [3.8, 4) is 27.9 Å². The summed E-state index contributed by atoms with van der Waals surface area (Å²) in [7, 11) is 0. The maximum atomic E-state index is 2.41. The Morgan fingerprint density at radius 1 is 0.357 bits per heavy atom. The highest BCUT2D eigenvalue weighted by molar-refractivity contribution is 6.10. The predicted molar refractivity (Wildman–Crippen MR) is 237 cm³/mol. The van der Waals surface area contributed by atoms with E-state index in [1.165, 1.54) is 93.0 Å². The first-order valence-corrected chi connectivity index (χ1v) is 20.1. The van der Waals surface area contributed by atoms with Crippen molar-refractivity contribution in [2.45, 2.75) is 37.5 Å². The molecule has 8 aromatic carbocycles. The highest BCUT2D eigenvalue weighted by Crippen LogP contribution is 2.46. The summed E-state index contributed by atoms with van der Waals surface area (Å²) in [5.74, 6) is 0. The number of hydrogen-bond acceptors (Lipinski definition) is 1. The van der Waals surface area contributed by atoms with Crippen molar-refractivity contribution in [1.29, 1.82) is 0 Å². The Morgan fingerprint density at radius 3 is 1.62 bits per heavy atom. The number of rotatable bonds is 8. The van der Waals surface area contributed by atoms with Gasteiger partial charge in [0.05, 0.1) is 11.0 Å². The SMILES string of the molecule is c1ccc(-c2cccc(N(c3ccc(-c4ccc5c6ccccc6n(-c6ccccc6)c5c4)cc3)c3ccc(C4(c5ccccc5)CCCCC4)cc3)c2)cc1. The fourth-order valence-electron chi connectivity index (χ4n) is 9.30. The van der Waals surface area contributed by atoms with E-state index in [0.717, 1.165) is 17.1 Å². The fraction of sp³-hybridized carbons (Fsp3) is 0.111. The molecule has 270 valence electrons. The van der Waals surface area contributed by atoms with E-state index in [1.807, 2.05) is 0 Å². The van der Waals surface area contributed by atoms with E-state index >= 15 is 0 Å². The highest BCUT2D eigenvalue weighted by Gasteiger charge is 2.35. The lowest BCUT2D eigenvalue weighted by Crippen LogP contribution is -2.30. The number of fused-ring (bicyclic) bond motifs is 3. The monoisotopic (exact) mass is 720 g/mol. The molecule has 0 atom stereocenters. The van der Waals surface area contributed by atoms with E-state index in [1.54, 1.807) is 0 Å². The van der Waals surface area contributed by atoms with Gasteiger partial charge in [0.15, 0.2) is 0 Å². The second kappa shape index (κ2) is 14.5. The molecule has 1 heterocycles. The molecule has 0 saturated heterocycles. The van der Waals surface area contributed by atoms with Crippen LogP contribution >= 0.6 is 0 Å². The van der Waals surface area contributed by atoms with E-state index in [4.69, 9.17) is 0 Å². The van der Waals surface area contributed by atoms with Crippen molar-refractivity contribution in [2.24, 2.45) is 0 Å². The molecule has 0 radical (unpaired) electrons. The molecule has 1 fully saturated rings. The van der Waals surface area contributed by atoms with Crippen molar-refractivity contribution < 1.29 is 0 Å². The van der Waals surface area contributed by atoms with E-state index in [9.17, 15) is 0 Å². The smallest absolute Gasteiger partial charge is 0.0547 e. The average Bonchev–Trinajstić information content (AvgIpc) is 3.62. The Balaban J connectivity index is 1.06. The third-order valence-electron chi connectivity index (χ3n) is 12.1. The first-order valence-electron chi connectivity index (χ1n) is 20.1. The van der Waals surface area contributed by atoms with Crippen LogP contribution in [0.2, 0.25) is 0 Å². The highest BCUT2D eigenvalue weighted by atomic mass is 15.1. The van der Waals surface area contributed by atoms with Crippen LogP contribution in [0.4, 0.5) is 17.1 Å². The van der Waals surface area contributed by atoms with Crippen LogP contribution in [-0.4, -0.2) is 4.57 Å².